The van der Waals surface area contributed by atoms with E-state index in [9.17, 15) is 14.0 Å². The Kier molecular flexibility index (Phi) is 8.23. The number of carbonyl (C=O) groups excluding carboxylic acids is 2. The van der Waals surface area contributed by atoms with Gasteiger partial charge in [0.15, 0.2) is 5.82 Å². The van der Waals surface area contributed by atoms with E-state index < -0.39 is 6.04 Å². The monoisotopic (exact) mass is 523 g/mol. The van der Waals surface area contributed by atoms with E-state index in [2.05, 4.69) is 36.2 Å². The number of amides is 2. The number of halogens is 1. The zero-order valence-electron chi connectivity index (χ0n) is 22.1. The van der Waals surface area contributed by atoms with E-state index in [1.54, 1.807) is 36.4 Å². The molecule has 2 heterocycles. The van der Waals surface area contributed by atoms with Gasteiger partial charge < -0.3 is 20.3 Å². The van der Waals surface area contributed by atoms with Crippen molar-refractivity contribution in [1.82, 2.24) is 31.3 Å². The van der Waals surface area contributed by atoms with Crippen LogP contribution >= 0.6 is 0 Å². The van der Waals surface area contributed by atoms with Gasteiger partial charge in [0.05, 0.1) is 13.2 Å². The molecule has 0 fully saturated rings. The lowest BCUT2D eigenvalue weighted by molar-refractivity contribution is -0.124. The Hall–Kier alpha value is -4.02. The molecule has 10 nitrogen and oxygen atoms in total. The summed E-state index contributed by atoms with van der Waals surface area (Å²) in [6.07, 6.45) is 1.48. The standard InChI is InChI=1S/C27H34FN7O3/c1-27(2,3)15-22(30-25(36)18-6-5-7-21(13-18)38-4)26(37)29-20(14-24-31-33-34-32-24)16-35-11-10-17-12-19(28)8-9-23(17)35/h5-9,12-13,20,22H,10-11,14-16H2,1-4H3,(H,29,37)(H,30,36)(H,31,32,33,34)/t20-,22?/m0/s1. The highest BCUT2D eigenvalue weighted by Gasteiger charge is 2.30. The van der Waals surface area contributed by atoms with Crippen LogP contribution in [0.1, 0.15) is 48.9 Å². The molecule has 11 heteroatoms. The van der Waals surface area contributed by atoms with Crippen LogP contribution in [0.15, 0.2) is 42.5 Å². The van der Waals surface area contributed by atoms with Gasteiger partial charge in [-0.15, -0.1) is 10.2 Å². The molecule has 0 radical (unpaired) electrons. The maximum Gasteiger partial charge on any atom is 0.252 e. The first-order valence-electron chi connectivity index (χ1n) is 12.6. The fourth-order valence-corrected chi connectivity index (χ4v) is 4.67. The third-order valence-electron chi connectivity index (χ3n) is 6.41. The van der Waals surface area contributed by atoms with Crippen molar-refractivity contribution >= 4 is 17.5 Å². The lowest BCUT2D eigenvalue weighted by Gasteiger charge is -2.30. The van der Waals surface area contributed by atoms with Crippen molar-refractivity contribution in [3.63, 3.8) is 0 Å². The highest BCUT2D eigenvalue weighted by molar-refractivity contribution is 5.97. The van der Waals surface area contributed by atoms with Gasteiger partial charge in [0.2, 0.25) is 5.91 Å². The molecule has 1 unspecified atom stereocenters. The molecule has 3 aromatic rings. The molecule has 38 heavy (non-hydrogen) atoms. The van der Waals surface area contributed by atoms with Gasteiger partial charge in [0, 0.05) is 30.8 Å². The summed E-state index contributed by atoms with van der Waals surface area (Å²) in [5, 5.41) is 20.2. The molecule has 0 saturated carbocycles. The molecule has 2 atom stereocenters. The van der Waals surface area contributed by atoms with Crippen LogP contribution < -0.4 is 20.3 Å². The second-order valence-corrected chi connectivity index (χ2v) is 10.7. The smallest absolute Gasteiger partial charge is 0.252 e. The fraction of sp³-hybridized carbons (Fsp3) is 0.444. The predicted octanol–water partition coefficient (Wildman–Crippen LogP) is 2.67. The molecule has 202 valence electrons. The summed E-state index contributed by atoms with van der Waals surface area (Å²) in [6.45, 7) is 7.21. The van der Waals surface area contributed by atoms with Crippen molar-refractivity contribution in [2.75, 3.05) is 25.1 Å². The molecule has 1 aliphatic heterocycles. The van der Waals surface area contributed by atoms with Gasteiger partial charge in [-0.2, -0.15) is 5.21 Å². The highest BCUT2D eigenvalue weighted by Crippen LogP contribution is 2.29. The summed E-state index contributed by atoms with van der Waals surface area (Å²) in [6, 6.07) is 10.4. The third-order valence-corrected chi connectivity index (χ3v) is 6.41. The second-order valence-electron chi connectivity index (χ2n) is 10.7. The van der Waals surface area contributed by atoms with Crippen LogP contribution in [0.4, 0.5) is 10.1 Å². The van der Waals surface area contributed by atoms with E-state index in [1.165, 1.54) is 13.2 Å². The van der Waals surface area contributed by atoms with Gasteiger partial charge in [0.1, 0.15) is 17.6 Å². The van der Waals surface area contributed by atoms with Crippen LogP contribution in [0.2, 0.25) is 0 Å². The van der Waals surface area contributed by atoms with Crippen LogP contribution in [-0.2, 0) is 17.6 Å². The van der Waals surface area contributed by atoms with Gasteiger partial charge >= 0.3 is 0 Å². The number of carbonyl (C=O) groups is 2. The maximum atomic E-state index is 13.7. The first kappa shape index (κ1) is 27.0. The summed E-state index contributed by atoms with van der Waals surface area (Å²) in [5.41, 5.74) is 2.05. The van der Waals surface area contributed by atoms with E-state index in [0.29, 0.717) is 43.1 Å². The number of ether oxygens (including phenoxy) is 1. The minimum atomic E-state index is -0.776. The van der Waals surface area contributed by atoms with E-state index in [4.69, 9.17) is 4.74 Å². The highest BCUT2D eigenvalue weighted by atomic mass is 19.1. The van der Waals surface area contributed by atoms with E-state index >= 15 is 0 Å². The summed E-state index contributed by atoms with van der Waals surface area (Å²) >= 11 is 0. The number of hydrogen-bond donors (Lipinski definition) is 3. The first-order valence-corrected chi connectivity index (χ1v) is 12.6. The Bertz CT molecular complexity index is 1260. The zero-order chi connectivity index (χ0) is 27.3. The lowest BCUT2D eigenvalue weighted by atomic mass is 9.87. The Morgan fingerprint density at radius 2 is 2.00 bits per heavy atom. The number of fused-ring (bicyclic) bond motifs is 1. The van der Waals surface area contributed by atoms with Crippen LogP contribution in [0, 0.1) is 11.2 Å². The van der Waals surface area contributed by atoms with Crippen molar-refractivity contribution in [2.24, 2.45) is 5.41 Å². The second kappa shape index (κ2) is 11.6. The molecule has 2 amide bonds. The summed E-state index contributed by atoms with van der Waals surface area (Å²) in [5.74, 6) is 0.0859. The molecule has 4 rings (SSSR count). The molecule has 1 aromatic heterocycles. The summed E-state index contributed by atoms with van der Waals surface area (Å²) in [4.78, 5) is 28.8. The molecule has 1 aliphatic rings. The Morgan fingerprint density at radius 1 is 1.18 bits per heavy atom. The van der Waals surface area contributed by atoms with Gasteiger partial charge in [0.25, 0.3) is 5.91 Å². The van der Waals surface area contributed by atoms with E-state index in [-0.39, 0.29) is 29.1 Å². The van der Waals surface area contributed by atoms with Crippen LogP contribution in [0.3, 0.4) is 0 Å². The average Bonchev–Trinajstić information content (AvgIpc) is 3.52. The van der Waals surface area contributed by atoms with E-state index in [1.807, 2.05) is 20.8 Å². The maximum absolute atomic E-state index is 13.7. The number of tetrazole rings is 1. The number of rotatable bonds is 10. The Labute approximate surface area is 221 Å². The Balaban J connectivity index is 1.52. The van der Waals surface area contributed by atoms with Gasteiger partial charge in [-0.1, -0.05) is 32.1 Å². The predicted molar refractivity (Wildman–Crippen MR) is 140 cm³/mol. The number of nitrogens with zero attached hydrogens (tertiary/aromatic N) is 4. The topological polar surface area (TPSA) is 125 Å². The largest absolute Gasteiger partial charge is 0.497 e. The Morgan fingerprint density at radius 3 is 2.71 bits per heavy atom. The number of benzene rings is 2. The average molecular weight is 524 g/mol. The minimum absolute atomic E-state index is 0.231. The van der Waals surface area contributed by atoms with Crippen molar-refractivity contribution in [3.05, 3.63) is 65.2 Å². The zero-order valence-corrected chi connectivity index (χ0v) is 22.1. The fourth-order valence-electron chi connectivity index (χ4n) is 4.67. The van der Waals surface area contributed by atoms with Crippen LogP contribution in [-0.4, -0.2) is 64.7 Å². The molecule has 0 bridgehead atoms. The number of methoxy groups -OCH3 is 1. The van der Waals surface area contributed by atoms with Crippen LogP contribution in [0.5, 0.6) is 5.75 Å². The number of nitrogens with one attached hydrogen (secondary N) is 3. The molecular formula is C27H34FN7O3. The lowest BCUT2D eigenvalue weighted by Crippen LogP contribution is -2.53. The molecular weight excluding hydrogens is 489 g/mol. The van der Waals surface area contributed by atoms with Gasteiger partial charge in [-0.3, -0.25) is 9.59 Å². The summed E-state index contributed by atoms with van der Waals surface area (Å²) in [7, 11) is 1.53. The molecule has 0 spiro atoms. The molecule has 0 saturated heterocycles. The quantitative estimate of drug-likeness (QED) is 0.373. The van der Waals surface area contributed by atoms with Crippen molar-refractivity contribution < 1.29 is 18.7 Å². The number of aromatic nitrogens is 4. The van der Waals surface area contributed by atoms with Crippen LogP contribution in [0.25, 0.3) is 0 Å². The summed E-state index contributed by atoms with van der Waals surface area (Å²) < 4.78 is 19.0. The molecule has 2 aromatic carbocycles. The third kappa shape index (κ3) is 7.05. The number of anilines is 1. The normalized spacial score (nSPS) is 14.5. The minimum Gasteiger partial charge on any atom is -0.497 e. The number of hydrogen-bond acceptors (Lipinski definition) is 7. The number of aromatic amines is 1. The van der Waals surface area contributed by atoms with Gasteiger partial charge in [-0.05, 0) is 60.2 Å². The number of H-pyrrole nitrogens is 1. The van der Waals surface area contributed by atoms with Crippen molar-refractivity contribution in [3.8, 4) is 5.75 Å². The van der Waals surface area contributed by atoms with Gasteiger partial charge in [-0.25, -0.2) is 4.39 Å². The van der Waals surface area contributed by atoms with E-state index in [0.717, 1.165) is 17.7 Å². The first-order chi connectivity index (χ1) is 18.1. The molecule has 0 aliphatic carbocycles. The SMILES string of the molecule is COc1cccc(C(=O)NC(CC(C)(C)C)C(=O)N[C@@H](Cc2nn[nH]n2)CN2CCc3cc(F)ccc32)c1. The van der Waals surface area contributed by atoms with Crippen molar-refractivity contribution in [2.45, 2.75) is 52.1 Å². The van der Waals surface area contributed by atoms with Crippen molar-refractivity contribution in [1.29, 1.82) is 0 Å². The molecule has 3 N–H and O–H groups in total.